The van der Waals surface area contributed by atoms with Gasteiger partial charge in [0.1, 0.15) is 5.82 Å². The number of alkyl halides is 1. The highest BCUT2D eigenvalue weighted by Gasteiger charge is 2.05. The molecule has 1 amide bonds. The van der Waals surface area contributed by atoms with Crippen LogP contribution >= 0.6 is 27.5 Å². The highest BCUT2D eigenvalue weighted by atomic mass is 79.9. The highest BCUT2D eigenvalue weighted by Crippen LogP contribution is 2.23. The summed E-state index contributed by atoms with van der Waals surface area (Å²) in [5, 5.41) is 2.60. The molecule has 0 unspecified atom stereocenters. The molecule has 0 radical (unpaired) electrons. The van der Waals surface area contributed by atoms with E-state index in [2.05, 4.69) is 21.2 Å². The van der Waals surface area contributed by atoms with Crippen LogP contribution < -0.4 is 5.32 Å². The van der Waals surface area contributed by atoms with Crippen molar-refractivity contribution in [2.24, 2.45) is 0 Å². The maximum absolute atomic E-state index is 12.7. The number of benzene rings is 1. The zero-order valence-corrected chi connectivity index (χ0v) is 9.53. The fraction of sp³-hybridized carbons (Fsp3) is 0.222. The van der Waals surface area contributed by atoms with E-state index in [9.17, 15) is 9.18 Å². The van der Waals surface area contributed by atoms with Crippen LogP contribution in [0.25, 0.3) is 0 Å². The fourth-order valence-corrected chi connectivity index (χ4v) is 1.51. The van der Waals surface area contributed by atoms with Gasteiger partial charge in [0.2, 0.25) is 5.91 Å². The number of carbonyl (C=O) groups excluding carboxylic acids is 1. The van der Waals surface area contributed by atoms with Crippen molar-refractivity contribution in [3.8, 4) is 0 Å². The van der Waals surface area contributed by atoms with E-state index in [0.717, 1.165) is 0 Å². The third kappa shape index (κ3) is 3.27. The Bertz CT molecular complexity index is 346. The molecule has 0 atom stereocenters. The molecule has 0 aliphatic carbocycles. The van der Waals surface area contributed by atoms with E-state index in [1.165, 1.54) is 18.2 Å². The van der Waals surface area contributed by atoms with E-state index in [4.69, 9.17) is 11.6 Å². The number of hydrogen-bond donors (Lipinski definition) is 1. The first-order valence-electron chi connectivity index (χ1n) is 3.94. The Kier molecular flexibility index (Phi) is 4.35. The molecule has 1 aromatic rings. The summed E-state index contributed by atoms with van der Waals surface area (Å²) in [5.74, 6) is -0.274. The molecule has 1 N–H and O–H groups in total. The van der Waals surface area contributed by atoms with Crippen molar-refractivity contribution in [1.29, 1.82) is 0 Å². The molecular formula is C9H8BrClFNO. The minimum absolute atomic E-state index is 0.188. The molecular weight excluding hydrogens is 272 g/mol. The summed E-state index contributed by atoms with van der Waals surface area (Å²) in [6.45, 7) is 0. The van der Waals surface area contributed by atoms with Crippen LogP contribution in [-0.2, 0) is 4.79 Å². The Hall–Kier alpha value is -0.610. The van der Waals surface area contributed by atoms with E-state index in [1.807, 2.05) is 0 Å². The van der Waals surface area contributed by atoms with Crippen molar-refractivity contribution < 1.29 is 9.18 Å². The summed E-state index contributed by atoms with van der Waals surface area (Å²) in [7, 11) is 0. The Morgan fingerprint density at radius 2 is 2.29 bits per heavy atom. The second-order valence-corrected chi connectivity index (χ2v) is 3.84. The van der Waals surface area contributed by atoms with Crippen LogP contribution in [0.15, 0.2) is 22.7 Å². The molecule has 0 saturated heterocycles. The molecule has 1 aromatic carbocycles. The normalized spacial score (nSPS) is 9.93. The molecule has 5 heteroatoms. The van der Waals surface area contributed by atoms with Crippen molar-refractivity contribution >= 4 is 39.1 Å². The van der Waals surface area contributed by atoms with E-state index in [-0.39, 0.29) is 24.0 Å². The smallest absolute Gasteiger partial charge is 0.225 e. The number of carbonyl (C=O) groups is 1. The molecule has 0 bridgehead atoms. The number of hydrogen-bond acceptors (Lipinski definition) is 1. The van der Waals surface area contributed by atoms with Crippen molar-refractivity contribution in [2.75, 3.05) is 11.2 Å². The first-order chi connectivity index (χ1) is 6.63. The Balaban J connectivity index is 2.72. The van der Waals surface area contributed by atoms with Gasteiger partial charge < -0.3 is 5.32 Å². The second-order valence-electron chi connectivity index (χ2n) is 2.61. The SMILES string of the molecule is O=C(CCCl)Nc1ccc(F)cc1Br. The topological polar surface area (TPSA) is 29.1 Å². The van der Waals surface area contributed by atoms with E-state index in [0.29, 0.717) is 10.2 Å². The van der Waals surface area contributed by atoms with Gasteiger partial charge in [0.05, 0.1) is 5.69 Å². The minimum Gasteiger partial charge on any atom is -0.325 e. The van der Waals surface area contributed by atoms with Gasteiger partial charge in [0.15, 0.2) is 0 Å². The zero-order valence-electron chi connectivity index (χ0n) is 7.19. The molecule has 0 saturated carbocycles. The van der Waals surface area contributed by atoms with Gasteiger partial charge in [0.25, 0.3) is 0 Å². The maximum atomic E-state index is 12.7. The lowest BCUT2D eigenvalue weighted by atomic mass is 10.3. The summed E-state index contributed by atoms with van der Waals surface area (Å²) >= 11 is 8.53. The van der Waals surface area contributed by atoms with Crippen molar-refractivity contribution in [3.05, 3.63) is 28.5 Å². The summed E-state index contributed by atoms with van der Waals surface area (Å²) < 4.78 is 13.2. The van der Waals surface area contributed by atoms with Gasteiger partial charge in [-0.1, -0.05) is 0 Å². The van der Waals surface area contributed by atoms with E-state index < -0.39 is 0 Å². The lowest BCUT2D eigenvalue weighted by Crippen LogP contribution is -2.12. The van der Waals surface area contributed by atoms with E-state index in [1.54, 1.807) is 0 Å². The molecule has 1 rings (SSSR count). The first kappa shape index (κ1) is 11.5. The average Bonchev–Trinajstić information content (AvgIpc) is 2.10. The third-order valence-corrected chi connectivity index (χ3v) is 2.37. The first-order valence-corrected chi connectivity index (χ1v) is 5.27. The summed E-state index contributed by atoms with van der Waals surface area (Å²) in [4.78, 5) is 11.1. The number of nitrogens with one attached hydrogen (secondary N) is 1. The minimum atomic E-state index is -0.354. The van der Waals surface area contributed by atoms with Gasteiger partial charge >= 0.3 is 0 Å². The molecule has 14 heavy (non-hydrogen) atoms. The average molecular weight is 281 g/mol. The van der Waals surface area contributed by atoms with Crippen molar-refractivity contribution in [1.82, 2.24) is 0 Å². The molecule has 76 valence electrons. The largest absolute Gasteiger partial charge is 0.325 e. The van der Waals surface area contributed by atoms with E-state index >= 15 is 0 Å². The number of halogens is 3. The lowest BCUT2D eigenvalue weighted by Gasteiger charge is -2.05. The Morgan fingerprint density at radius 3 is 2.86 bits per heavy atom. The molecule has 0 fully saturated rings. The van der Waals surface area contributed by atoms with Gasteiger partial charge in [-0.25, -0.2) is 4.39 Å². The number of rotatable bonds is 3. The van der Waals surface area contributed by atoms with Crippen LogP contribution in [-0.4, -0.2) is 11.8 Å². The molecule has 2 nitrogen and oxygen atoms in total. The lowest BCUT2D eigenvalue weighted by molar-refractivity contribution is -0.115. The van der Waals surface area contributed by atoms with Crippen LogP contribution in [0.4, 0.5) is 10.1 Å². The molecule has 0 spiro atoms. The second kappa shape index (κ2) is 5.32. The summed E-state index contributed by atoms with van der Waals surface area (Å²) in [6, 6.07) is 4.06. The Labute approximate surface area is 94.6 Å². The number of amides is 1. The van der Waals surface area contributed by atoms with Gasteiger partial charge in [-0.3, -0.25) is 4.79 Å². The monoisotopic (exact) mass is 279 g/mol. The van der Waals surface area contributed by atoms with Crippen LogP contribution in [0.2, 0.25) is 0 Å². The van der Waals surface area contributed by atoms with Crippen LogP contribution in [0, 0.1) is 5.82 Å². The van der Waals surface area contributed by atoms with Crippen LogP contribution in [0.5, 0.6) is 0 Å². The molecule has 0 heterocycles. The van der Waals surface area contributed by atoms with Gasteiger partial charge in [0, 0.05) is 16.8 Å². The van der Waals surface area contributed by atoms with Crippen molar-refractivity contribution in [3.63, 3.8) is 0 Å². The van der Waals surface area contributed by atoms with Gasteiger partial charge in [-0.2, -0.15) is 0 Å². The summed E-state index contributed by atoms with van der Waals surface area (Å²) in [5.41, 5.74) is 0.543. The quantitative estimate of drug-likeness (QED) is 0.847. The van der Waals surface area contributed by atoms with Crippen molar-refractivity contribution in [2.45, 2.75) is 6.42 Å². The molecule has 0 aromatic heterocycles. The fourth-order valence-electron chi connectivity index (χ4n) is 0.889. The molecule has 0 aliphatic heterocycles. The maximum Gasteiger partial charge on any atom is 0.225 e. The Morgan fingerprint density at radius 1 is 1.57 bits per heavy atom. The predicted molar refractivity (Wildman–Crippen MR) is 58.1 cm³/mol. The predicted octanol–water partition coefficient (Wildman–Crippen LogP) is 3.16. The zero-order chi connectivity index (χ0) is 10.6. The van der Waals surface area contributed by atoms with Gasteiger partial charge in [-0.15, -0.1) is 11.6 Å². The van der Waals surface area contributed by atoms with Crippen LogP contribution in [0.3, 0.4) is 0 Å². The van der Waals surface area contributed by atoms with Crippen LogP contribution in [0.1, 0.15) is 6.42 Å². The standard InChI is InChI=1S/C9H8BrClFNO/c10-7-5-6(12)1-2-8(7)13-9(14)3-4-11/h1-2,5H,3-4H2,(H,13,14). The summed E-state index contributed by atoms with van der Waals surface area (Å²) in [6.07, 6.45) is 0.241. The highest BCUT2D eigenvalue weighted by molar-refractivity contribution is 9.10. The third-order valence-electron chi connectivity index (χ3n) is 1.53. The van der Waals surface area contributed by atoms with Gasteiger partial charge in [-0.05, 0) is 34.1 Å². The molecule has 0 aliphatic rings. The number of anilines is 1.